The molecular formula is C30H46ClNO5. The van der Waals surface area contributed by atoms with Crippen molar-refractivity contribution < 1.29 is 24.1 Å². The molecule has 37 heavy (non-hydrogen) atoms. The number of unbranched alkanes of at least 4 members (excludes halogenated alkanes) is 1. The maximum atomic E-state index is 11.9. The van der Waals surface area contributed by atoms with Crippen molar-refractivity contribution in [1.82, 2.24) is 4.90 Å². The van der Waals surface area contributed by atoms with E-state index in [0.29, 0.717) is 5.92 Å². The number of halogens is 1. The van der Waals surface area contributed by atoms with Crippen LogP contribution in [0.4, 0.5) is 0 Å². The van der Waals surface area contributed by atoms with Crippen LogP contribution in [-0.4, -0.2) is 64.2 Å². The lowest BCUT2D eigenvalue weighted by atomic mass is 9.66. The van der Waals surface area contributed by atoms with Crippen molar-refractivity contribution in [2.24, 2.45) is 5.92 Å². The van der Waals surface area contributed by atoms with Crippen LogP contribution in [-0.2, 0) is 12.8 Å². The first-order chi connectivity index (χ1) is 17.3. The summed E-state index contributed by atoms with van der Waals surface area (Å²) in [5.74, 6) is 3.43. The minimum absolute atomic E-state index is 0. The van der Waals surface area contributed by atoms with Crippen LogP contribution in [0.5, 0.6) is 23.0 Å². The van der Waals surface area contributed by atoms with Crippen LogP contribution in [0.1, 0.15) is 62.1 Å². The van der Waals surface area contributed by atoms with Crippen LogP contribution in [0.25, 0.3) is 0 Å². The van der Waals surface area contributed by atoms with E-state index in [9.17, 15) is 5.11 Å². The Morgan fingerprint density at radius 1 is 0.892 bits per heavy atom. The Bertz CT molecular complexity index is 998. The molecule has 0 radical (unpaired) electrons. The smallest absolute Gasteiger partial charge is 0.161 e. The summed E-state index contributed by atoms with van der Waals surface area (Å²) >= 11 is 0. The Hall–Kier alpha value is -2.15. The van der Waals surface area contributed by atoms with Crippen molar-refractivity contribution in [1.29, 1.82) is 0 Å². The van der Waals surface area contributed by atoms with Crippen molar-refractivity contribution in [3.63, 3.8) is 0 Å². The highest BCUT2D eigenvalue weighted by Gasteiger charge is 2.43. The lowest BCUT2D eigenvalue weighted by molar-refractivity contribution is -0.0301. The largest absolute Gasteiger partial charge is 0.493 e. The monoisotopic (exact) mass is 535 g/mol. The van der Waals surface area contributed by atoms with Crippen molar-refractivity contribution in [2.45, 2.75) is 63.9 Å². The fourth-order valence-electron chi connectivity index (χ4n) is 5.74. The third-order valence-electron chi connectivity index (χ3n) is 7.68. The molecule has 0 saturated heterocycles. The first-order valence-electron chi connectivity index (χ1n) is 13.1. The maximum absolute atomic E-state index is 11.9. The molecule has 0 aliphatic heterocycles. The number of benzene rings is 2. The van der Waals surface area contributed by atoms with Crippen LogP contribution in [0.2, 0.25) is 0 Å². The third-order valence-corrected chi connectivity index (χ3v) is 7.68. The van der Waals surface area contributed by atoms with E-state index in [0.717, 1.165) is 74.6 Å². The van der Waals surface area contributed by atoms with Crippen LogP contribution in [0.15, 0.2) is 30.3 Å². The van der Waals surface area contributed by atoms with E-state index in [2.05, 4.69) is 50.1 Å². The Morgan fingerprint density at radius 3 is 2.14 bits per heavy atom. The van der Waals surface area contributed by atoms with Crippen LogP contribution >= 0.6 is 12.4 Å². The number of nitrogens with zero attached hydrogens (tertiary/aromatic N) is 1. The van der Waals surface area contributed by atoms with E-state index in [4.69, 9.17) is 18.9 Å². The number of hydrogen-bond acceptors (Lipinski definition) is 6. The van der Waals surface area contributed by atoms with Gasteiger partial charge in [0.15, 0.2) is 23.0 Å². The molecule has 2 unspecified atom stereocenters. The van der Waals surface area contributed by atoms with Gasteiger partial charge in [-0.2, -0.15) is 0 Å². The molecule has 0 amide bonds. The van der Waals surface area contributed by atoms with Crippen molar-refractivity contribution in [2.75, 3.05) is 48.6 Å². The molecule has 1 N–H and O–H groups in total. The van der Waals surface area contributed by atoms with Crippen LogP contribution < -0.4 is 18.9 Å². The van der Waals surface area contributed by atoms with Gasteiger partial charge in [-0.1, -0.05) is 19.9 Å². The first-order valence-corrected chi connectivity index (χ1v) is 13.1. The van der Waals surface area contributed by atoms with Gasteiger partial charge in [-0.3, -0.25) is 0 Å². The van der Waals surface area contributed by atoms with E-state index in [1.165, 1.54) is 16.7 Å². The molecule has 7 heteroatoms. The average molecular weight is 536 g/mol. The summed E-state index contributed by atoms with van der Waals surface area (Å²) in [6, 6.07) is 10.3. The highest BCUT2D eigenvalue weighted by molar-refractivity contribution is 5.85. The summed E-state index contributed by atoms with van der Waals surface area (Å²) in [6.45, 7) is 6.30. The molecule has 2 atom stereocenters. The van der Waals surface area contributed by atoms with Gasteiger partial charge in [-0.05, 0) is 99.0 Å². The maximum Gasteiger partial charge on any atom is 0.161 e. The molecule has 2 aromatic rings. The van der Waals surface area contributed by atoms with Gasteiger partial charge >= 0.3 is 0 Å². The van der Waals surface area contributed by atoms with Gasteiger partial charge in [0.25, 0.3) is 0 Å². The van der Waals surface area contributed by atoms with Gasteiger partial charge in [0.05, 0.1) is 34.0 Å². The number of rotatable bonds is 13. The summed E-state index contributed by atoms with van der Waals surface area (Å²) in [5.41, 5.74) is 3.00. The zero-order chi connectivity index (χ0) is 26.3. The Kier molecular flexibility index (Phi) is 11.9. The lowest BCUT2D eigenvalue weighted by Gasteiger charge is -2.44. The van der Waals surface area contributed by atoms with E-state index in [1.807, 2.05) is 6.07 Å². The average Bonchev–Trinajstić information content (AvgIpc) is 2.88. The second kappa shape index (κ2) is 14.1. The molecule has 0 bridgehead atoms. The quantitative estimate of drug-likeness (QED) is 0.322. The van der Waals surface area contributed by atoms with Crippen molar-refractivity contribution >= 4 is 12.4 Å². The molecule has 0 spiro atoms. The molecule has 0 fully saturated rings. The number of aryl methyl sites for hydroxylation is 2. The third kappa shape index (κ3) is 7.46. The number of methoxy groups -OCH3 is 4. The van der Waals surface area contributed by atoms with E-state index in [-0.39, 0.29) is 18.3 Å². The molecule has 1 aliphatic rings. The summed E-state index contributed by atoms with van der Waals surface area (Å²) in [7, 11) is 8.84. The van der Waals surface area contributed by atoms with Crippen molar-refractivity contribution in [3.05, 3.63) is 47.0 Å². The highest BCUT2D eigenvalue weighted by atomic mass is 35.5. The molecular weight excluding hydrogens is 490 g/mol. The SMILES string of the molecule is COc1ccc(CCCCN(C)CCC2(O)CCc3cc(OC)c(OC)cc3C2C(C)C)cc1OC.Cl. The molecule has 2 aromatic carbocycles. The molecule has 3 rings (SSSR count). The zero-order valence-corrected chi connectivity index (χ0v) is 24.5. The van der Waals surface area contributed by atoms with Gasteiger partial charge in [-0.15, -0.1) is 12.4 Å². The second-order valence-electron chi connectivity index (χ2n) is 10.4. The topological polar surface area (TPSA) is 60.4 Å². The first kappa shape index (κ1) is 31.1. The van der Waals surface area contributed by atoms with Crippen LogP contribution in [0.3, 0.4) is 0 Å². The number of ether oxygens (including phenoxy) is 4. The van der Waals surface area contributed by atoms with E-state index < -0.39 is 5.60 Å². The number of hydrogen-bond donors (Lipinski definition) is 1. The van der Waals surface area contributed by atoms with Crippen molar-refractivity contribution in [3.8, 4) is 23.0 Å². The Labute approximate surface area is 229 Å². The molecule has 208 valence electrons. The summed E-state index contributed by atoms with van der Waals surface area (Å²) in [6.07, 6.45) is 5.60. The van der Waals surface area contributed by atoms with Gasteiger partial charge in [0.1, 0.15) is 0 Å². The summed E-state index contributed by atoms with van der Waals surface area (Å²) in [5, 5.41) is 11.9. The Morgan fingerprint density at radius 2 is 1.51 bits per heavy atom. The van der Waals surface area contributed by atoms with Gasteiger partial charge < -0.3 is 29.0 Å². The number of aliphatic hydroxyl groups is 1. The van der Waals surface area contributed by atoms with Gasteiger partial charge in [0, 0.05) is 12.5 Å². The van der Waals surface area contributed by atoms with E-state index >= 15 is 0 Å². The molecule has 0 saturated carbocycles. The molecule has 0 heterocycles. The predicted octanol–water partition coefficient (Wildman–Crippen LogP) is 5.90. The standard InChI is InChI=1S/C30H45NO5.ClH/c1-21(2)29-24-20-28(36-7)27(35-6)19-23(24)13-14-30(29,32)15-17-31(3)16-9-8-10-22-11-12-25(33-4)26(18-22)34-5;/h11-12,18-21,29,32H,8-10,13-17H2,1-7H3;1H. The zero-order valence-electron chi connectivity index (χ0n) is 23.6. The van der Waals surface area contributed by atoms with E-state index in [1.54, 1.807) is 28.4 Å². The number of fused-ring (bicyclic) bond motifs is 1. The Balaban J connectivity index is 0.00000481. The normalized spacial score (nSPS) is 18.8. The predicted molar refractivity (Wildman–Crippen MR) is 152 cm³/mol. The summed E-state index contributed by atoms with van der Waals surface area (Å²) in [4.78, 5) is 2.36. The molecule has 1 aliphatic carbocycles. The minimum Gasteiger partial charge on any atom is -0.493 e. The molecule has 0 aromatic heterocycles. The fraction of sp³-hybridized carbons (Fsp3) is 0.600. The fourth-order valence-corrected chi connectivity index (χ4v) is 5.74. The molecule has 6 nitrogen and oxygen atoms in total. The second-order valence-corrected chi connectivity index (χ2v) is 10.4. The van der Waals surface area contributed by atoms with Gasteiger partial charge in [0.2, 0.25) is 0 Å². The summed E-state index contributed by atoms with van der Waals surface area (Å²) < 4.78 is 21.9. The highest BCUT2D eigenvalue weighted by Crippen LogP contribution is 2.48. The van der Waals surface area contributed by atoms with Crippen LogP contribution in [0, 0.1) is 5.92 Å². The van der Waals surface area contributed by atoms with Gasteiger partial charge in [-0.25, -0.2) is 0 Å². The minimum atomic E-state index is -0.728. The lowest BCUT2D eigenvalue weighted by Crippen LogP contribution is -2.45.